The molecule has 2 fully saturated rings. The number of aromatic nitrogens is 7. The van der Waals surface area contributed by atoms with Crippen molar-refractivity contribution < 1.29 is 14.3 Å². The van der Waals surface area contributed by atoms with E-state index in [0.717, 1.165) is 49.3 Å². The maximum atomic E-state index is 11.9. The van der Waals surface area contributed by atoms with E-state index in [0.29, 0.717) is 42.0 Å². The number of hydrogen-bond donors (Lipinski definition) is 1. The largest absolute Gasteiger partial charge is 0.489 e. The van der Waals surface area contributed by atoms with E-state index in [9.17, 15) is 4.79 Å². The predicted molar refractivity (Wildman–Crippen MR) is 131 cm³/mol. The van der Waals surface area contributed by atoms with Crippen LogP contribution < -0.4 is 10.1 Å². The van der Waals surface area contributed by atoms with Crippen LogP contribution in [0.25, 0.3) is 11.4 Å². The molecule has 5 rings (SSSR count). The summed E-state index contributed by atoms with van der Waals surface area (Å²) in [5.74, 6) is 1.94. The van der Waals surface area contributed by atoms with Crippen LogP contribution in [-0.4, -0.2) is 54.1 Å². The number of carbonyl (C=O) groups is 1. The second-order valence-corrected chi connectivity index (χ2v) is 9.67. The van der Waals surface area contributed by atoms with Crippen molar-refractivity contribution in [2.75, 3.05) is 12.4 Å². The van der Waals surface area contributed by atoms with Gasteiger partial charge in [0.05, 0.1) is 42.8 Å². The van der Waals surface area contributed by atoms with Crippen molar-refractivity contribution in [3.05, 3.63) is 34.6 Å². The number of nitrogens with zero attached hydrogens (tertiary/aromatic N) is 7. The number of aryl methyl sites for hydroxylation is 2. The van der Waals surface area contributed by atoms with Crippen molar-refractivity contribution in [3.8, 4) is 17.1 Å². The van der Waals surface area contributed by atoms with E-state index < -0.39 is 0 Å². The van der Waals surface area contributed by atoms with Crippen LogP contribution in [0.1, 0.15) is 61.7 Å². The molecule has 2 atom stereocenters. The second-order valence-electron chi connectivity index (χ2n) is 9.33. The van der Waals surface area contributed by atoms with Crippen LogP contribution in [0.2, 0.25) is 5.28 Å². The second kappa shape index (κ2) is 10.3. The van der Waals surface area contributed by atoms with Gasteiger partial charge in [-0.1, -0.05) is 5.21 Å². The molecule has 0 radical (unpaired) electrons. The van der Waals surface area contributed by atoms with E-state index in [1.54, 1.807) is 4.68 Å². The lowest BCUT2D eigenvalue weighted by Gasteiger charge is -2.28. The first-order chi connectivity index (χ1) is 17.4. The summed E-state index contributed by atoms with van der Waals surface area (Å²) >= 11 is 6.10. The molecular weight excluding hydrogens is 484 g/mol. The van der Waals surface area contributed by atoms with Crippen LogP contribution in [0.4, 0.5) is 5.95 Å². The van der Waals surface area contributed by atoms with Gasteiger partial charge in [0.25, 0.3) is 0 Å². The van der Waals surface area contributed by atoms with Crippen LogP contribution in [0.3, 0.4) is 0 Å². The Morgan fingerprint density at radius 2 is 2.00 bits per heavy atom. The molecule has 3 aromatic heterocycles. The minimum absolute atomic E-state index is 0.0433. The Labute approximate surface area is 214 Å². The van der Waals surface area contributed by atoms with E-state index in [-0.39, 0.29) is 23.3 Å². The third-order valence-electron chi connectivity index (χ3n) is 6.66. The smallest absolute Gasteiger partial charge is 0.308 e. The fourth-order valence-electron chi connectivity index (χ4n) is 4.52. The minimum Gasteiger partial charge on any atom is -0.489 e. The van der Waals surface area contributed by atoms with Crippen molar-refractivity contribution in [1.29, 1.82) is 0 Å². The summed E-state index contributed by atoms with van der Waals surface area (Å²) in [5.41, 5.74) is 2.92. The molecule has 0 amide bonds. The average Bonchev–Trinajstić information content (AvgIpc) is 3.66. The summed E-state index contributed by atoms with van der Waals surface area (Å²) < 4.78 is 12.8. The minimum atomic E-state index is -0.166. The third-order valence-corrected chi connectivity index (χ3v) is 6.83. The first kappa shape index (κ1) is 24.4. The molecule has 0 spiro atoms. The Bertz CT molecular complexity index is 1260. The lowest BCUT2D eigenvalue weighted by molar-refractivity contribution is -0.147. The van der Waals surface area contributed by atoms with Gasteiger partial charge in [-0.3, -0.25) is 4.79 Å². The van der Waals surface area contributed by atoms with E-state index in [1.807, 2.05) is 26.1 Å². The maximum Gasteiger partial charge on any atom is 0.308 e. The normalized spacial score (nSPS) is 19.7. The van der Waals surface area contributed by atoms with E-state index >= 15 is 0 Å². The summed E-state index contributed by atoms with van der Waals surface area (Å²) in [4.78, 5) is 29.6. The summed E-state index contributed by atoms with van der Waals surface area (Å²) in [6, 6.07) is 3.78. The highest BCUT2D eigenvalue weighted by Gasteiger charge is 2.30. The number of rotatable bonds is 8. The molecule has 2 aliphatic carbocycles. The highest BCUT2D eigenvalue weighted by molar-refractivity contribution is 6.28. The van der Waals surface area contributed by atoms with Gasteiger partial charge < -0.3 is 14.8 Å². The lowest BCUT2D eigenvalue weighted by Crippen LogP contribution is -2.30. The molecule has 36 heavy (non-hydrogen) atoms. The Hall–Kier alpha value is -3.34. The molecule has 12 heteroatoms. The van der Waals surface area contributed by atoms with E-state index in [1.165, 1.54) is 7.11 Å². The number of esters is 1. The van der Waals surface area contributed by atoms with Crippen LogP contribution in [0.15, 0.2) is 12.1 Å². The van der Waals surface area contributed by atoms with Gasteiger partial charge in [-0.05, 0) is 69.2 Å². The van der Waals surface area contributed by atoms with Crippen molar-refractivity contribution in [2.45, 2.75) is 64.0 Å². The van der Waals surface area contributed by atoms with Crippen molar-refractivity contribution in [3.63, 3.8) is 0 Å². The third kappa shape index (κ3) is 5.40. The Morgan fingerprint density at radius 3 is 2.75 bits per heavy atom. The van der Waals surface area contributed by atoms with E-state index in [2.05, 4.69) is 30.6 Å². The molecule has 3 heterocycles. The quantitative estimate of drug-likeness (QED) is 0.446. The zero-order valence-electron chi connectivity index (χ0n) is 20.6. The van der Waals surface area contributed by atoms with Crippen molar-refractivity contribution >= 4 is 23.5 Å². The maximum absolute atomic E-state index is 11.9. The molecule has 11 nitrogen and oxygen atoms in total. The topological polar surface area (TPSA) is 130 Å². The monoisotopic (exact) mass is 512 g/mol. The Kier molecular flexibility index (Phi) is 6.99. The predicted octanol–water partition coefficient (Wildman–Crippen LogP) is 3.62. The molecule has 0 aliphatic heterocycles. The SMILES string of the molecule is COC(=O)[C@H]1CCC[C@H](Oc2ccc(-c3nnn(C)c3CNc3nc(Cl)nc(C4CC4)n3)nc2C)C1. The van der Waals surface area contributed by atoms with Crippen LogP contribution in [-0.2, 0) is 23.1 Å². The van der Waals surface area contributed by atoms with Crippen LogP contribution >= 0.6 is 11.6 Å². The lowest BCUT2D eigenvalue weighted by atomic mass is 9.87. The molecule has 0 saturated heterocycles. The standard InChI is InChI=1S/C24H29ClN8O3/c1-13-19(36-16-6-4-5-15(11-16)22(34)35-3)10-9-17(27-13)20-18(33(2)32-31-20)12-26-24-29-21(14-7-8-14)28-23(25)30-24/h9-10,14-16H,4-8,11-12H2,1-3H3,(H,26,28,29,30)/t15-,16-/m0/s1. The van der Waals surface area contributed by atoms with E-state index in [4.69, 9.17) is 26.1 Å². The Morgan fingerprint density at radius 1 is 1.17 bits per heavy atom. The fraction of sp³-hybridized carbons (Fsp3) is 0.542. The van der Waals surface area contributed by atoms with Gasteiger partial charge in [0.2, 0.25) is 11.2 Å². The molecule has 0 aromatic carbocycles. The highest BCUT2D eigenvalue weighted by Crippen LogP contribution is 2.38. The van der Waals surface area contributed by atoms with Gasteiger partial charge in [-0.2, -0.15) is 9.97 Å². The average molecular weight is 513 g/mol. The number of methoxy groups -OCH3 is 1. The number of hydrogen-bond acceptors (Lipinski definition) is 10. The molecule has 3 aromatic rings. The molecule has 2 aliphatic rings. The van der Waals surface area contributed by atoms with Crippen molar-refractivity contribution in [2.24, 2.45) is 13.0 Å². The summed E-state index contributed by atoms with van der Waals surface area (Å²) in [6.07, 6.45) is 5.43. The summed E-state index contributed by atoms with van der Waals surface area (Å²) in [5, 5.41) is 11.9. The molecular formula is C24H29ClN8O3. The molecule has 0 bridgehead atoms. The zero-order chi connectivity index (χ0) is 25.2. The molecule has 0 unspecified atom stereocenters. The molecule has 1 N–H and O–H groups in total. The summed E-state index contributed by atoms with van der Waals surface area (Å²) in [6.45, 7) is 2.29. The fourth-order valence-corrected chi connectivity index (χ4v) is 4.69. The number of anilines is 1. The van der Waals surface area contributed by atoms with Gasteiger partial charge in [-0.25, -0.2) is 14.6 Å². The van der Waals surface area contributed by atoms with Gasteiger partial charge in [0, 0.05) is 13.0 Å². The van der Waals surface area contributed by atoms with Crippen molar-refractivity contribution in [1.82, 2.24) is 34.9 Å². The zero-order valence-corrected chi connectivity index (χ0v) is 21.3. The number of ether oxygens (including phenoxy) is 2. The summed E-state index contributed by atoms with van der Waals surface area (Å²) in [7, 11) is 3.26. The molecule has 190 valence electrons. The highest BCUT2D eigenvalue weighted by atomic mass is 35.5. The van der Waals surface area contributed by atoms with Crippen LogP contribution in [0.5, 0.6) is 5.75 Å². The van der Waals surface area contributed by atoms with Gasteiger partial charge in [-0.15, -0.1) is 5.10 Å². The number of nitrogens with one attached hydrogen (secondary N) is 1. The van der Waals surface area contributed by atoms with Gasteiger partial charge >= 0.3 is 5.97 Å². The first-order valence-electron chi connectivity index (χ1n) is 12.2. The van der Waals surface area contributed by atoms with Gasteiger partial charge in [0.15, 0.2) is 0 Å². The van der Waals surface area contributed by atoms with Crippen LogP contribution in [0, 0.1) is 12.8 Å². The number of carbonyl (C=O) groups excluding carboxylic acids is 1. The number of halogens is 1. The number of pyridine rings is 1. The molecule has 2 saturated carbocycles. The Balaban J connectivity index is 1.29. The van der Waals surface area contributed by atoms with Gasteiger partial charge in [0.1, 0.15) is 17.3 Å². The first-order valence-corrected chi connectivity index (χ1v) is 12.6.